The number of anilines is 1. The minimum atomic E-state index is -0.716. The van der Waals surface area contributed by atoms with Crippen molar-refractivity contribution in [2.45, 2.75) is 26.9 Å². The molecule has 0 fully saturated rings. The summed E-state index contributed by atoms with van der Waals surface area (Å²) in [6, 6.07) is 8.57. The van der Waals surface area contributed by atoms with E-state index in [1.807, 2.05) is 6.92 Å². The molecule has 3 N–H and O–H groups in total. The summed E-state index contributed by atoms with van der Waals surface area (Å²) in [5.41, 5.74) is 1.86. The van der Waals surface area contributed by atoms with Crippen LogP contribution < -0.4 is 10.6 Å². The number of benzene rings is 1. The lowest BCUT2D eigenvalue weighted by molar-refractivity contribution is -0.114. The van der Waals surface area contributed by atoms with Crippen LogP contribution in [0.25, 0.3) is 22.8 Å². The lowest BCUT2D eigenvalue weighted by Gasteiger charge is -2.06. The van der Waals surface area contributed by atoms with Gasteiger partial charge >= 0.3 is 0 Å². The Morgan fingerprint density at radius 2 is 2.00 bits per heavy atom. The van der Waals surface area contributed by atoms with Crippen LogP contribution in [0.4, 0.5) is 5.82 Å². The van der Waals surface area contributed by atoms with Crippen LogP contribution in [0.2, 0.25) is 5.02 Å². The van der Waals surface area contributed by atoms with Gasteiger partial charge in [0.15, 0.2) is 11.5 Å². The molecule has 1 atom stereocenters. The number of halogens is 1. The molecular weight excluding hydrogens is 408 g/mol. The molecule has 8 nitrogen and oxygen atoms in total. The van der Waals surface area contributed by atoms with Crippen molar-refractivity contribution in [2.24, 2.45) is 0 Å². The number of carbonyl (C=O) groups excluding carboxylic acids is 2. The zero-order chi connectivity index (χ0) is 21.8. The molecule has 9 heteroatoms. The second-order valence-electron chi connectivity index (χ2n) is 6.80. The minimum Gasteiger partial charge on any atom is -0.435 e. The highest BCUT2D eigenvalue weighted by molar-refractivity contribution is 6.33. The Morgan fingerprint density at radius 3 is 2.67 bits per heavy atom. The highest BCUT2D eigenvalue weighted by Gasteiger charge is 2.24. The summed E-state index contributed by atoms with van der Waals surface area (Å²) in [5, 5.41) is 15.1. The first kappa shape index (κ1) is 21.5. The van der Waals surface area contributed by atoms with Crippen molar-refractivity contribution < 1.29 is 19.1 Å². The maximum atomic E-state index is 12.7. The van der Waals surface area contributed by atoms with Gasteiger partial charge in [-0.1, -0.05) is 23.7 Å². The van der Waals surface area contributed by atoms with Crippen molar-refractivity contribution in [3.8, 4) is 22.8 Å². The number of hydrogen-bond acceptors (Lipinski definition) is 6. The van der Waals surface area contributed by atoms with E-state index >= 15 is 0 Å². The molecule has 0 saturated carbocycles. The van der Waals surface area contributed by atoms with Crippen LogP contribution in [-0.2, 0) is 4.79 Å². The van der Waals surface area contributed by atoms with Gasteiger partial charge in [-0.2, -0.15) is 0 Å². The van der Waals surface area contributed by atoms with Crippen molar-refractivity contribution in [1.82, 2.24) is 15.3 Å². The molecule has 0 unspecified atom stereocenters. The summed E-state index contributed by atoms with van der Waals surface area (Å²) in [7, 11) is 0. The Hall–Kier alpha value is -3.23. The van der Waals surface area contributed by atoms with E-state index < -0.39 is 12.0 Å². The van der Waals surface area contributed by atoms with E-state index in [9.17, 15) is 14.7 Å². The molecule has 0 bridgehead atoms. The molecule has 0 aliphatic carbocycles. The number of aliphatic hydroxyl groups excluding tert-OH is 1. The first-order valence-electron chi connectivity index (χ1n) is 9.23. The molecule has 0 aliphatic heterocycles. The van der Waals surface area contributed by atoms with Gasteiger partial charge in [0.05, 0.1) is 11.1 Å². The summed E-state index contributed by atoms with van der Waals surface area (Å²) in [6.45, 7) is 4.82. The van der Waals surface area contributed by atoms with E-state index in [1.165, 1.54) is 6.92 Å². The Labute approximate surface area is 178 Å². The van der Waals surface area contributed by atoms with Crippen molar-refractivity contribution in [3.63, 3.8) is 0 Å². The van der Waals surface area contributed by atoms with E-state index in [0.717, 1.165) is 5.56 Å². The molecule has 0 radical (unpaired) electrons. The number of oxazole rings is 1. The predicted octanol–water partition coefficient (Wildman–Crippen LogP) is 3.43. The molecule has 3 aromatic rings. The lowest BCUT2D eigenvalue weighted by atomic mass is 10.1. The fraction of sp³-hybridized carbons (Fsp3) is 0.238. The lowest BCUT2D eigenvalue weighted by Crippen LogP contribution is -2.31. The van der Waals surface area contributed by atoms with Gasteiger partial charge in [0, 0.05) is 30.8 Å². The van der Waals surface area contributed by atoms with Crippen LogP contribution in [0, 0.1) is 6.92 Å². The third kappa shape index (κ3) is 4.84. The summed E-state index contributed by atoms with van der Waals surface area (Å²) in [5.74, 6) is -0.0513. The van der Waals surface area contributed by atoms with E-state index in [0.29, 0.717) is 22.0 Å². The molecule has 0 spiro atoms. The Bertz CT molecular complexity index is 1090. The maximum absolute atomic E-state index is 12.7. The maximum Gasteiger partial charge on any atom is 0.274 e. The number of pyridine rings is 1. The van der Waals surface area contributed by atoms with Gasteiger partial charge in [0.2, 0.25) is 11.8 Å². The van der Waals surface area contributed by atoms with E-state index in [1.54, 1.807) is 43.5 Å². The zero-order valence-electron chi connectivity index (χ0n) is 16.7. The number of nitrogens with one attached hydrogen (secondary N) is 2. The predicted molar refractivity (Wildman–Crippen MR) is 113 cm³/mol. The summed E-state index contributed by atoms with van der Waals surface area (Å²) in [4.78, 5) is 32.7. The quantitative estimate of drug-likeness (QED) is 0.553. The largest absolute Gasteiger partial charge is 0.435 e. The topological polar surface area (TPSA) is 117 Å². The fourth-order valence-corrected chi connectivity index (χ4v) is 2.97. The summed E-state index contributed by atoms with van der Waals surface area (Å²) < 4.78 is 5.98. The number of amides is 2. The molecular formula is C21H21ClN4O4. The summed E-state index contributed by atoms with van der Waals surface area (Å²) >= 11 is 6.32. The number of aliphatic hydroxyl groups is 1. The SMILES string of the molecule is CC(=O)Nc1cc(-c2nc(C(=O)NC[C@@H](C)O)c(-c3ccccc3Cl)o2)c(C)cn1. The molecule has 0 saturated heterocycles. The van der Waals surface area contributed by atoms with Gasteiger partial charge in [0.25, 0.3) is 5.91 Å². The van der Waals surface area contributed by atoms with Gasteiger partial charge in [-0.3, -0.25) is 9.59 Å². The van der Waals surface area contributed by atoms with E-state index in [-0.39, 0.29) is 29.8 Å². The van der Waals surface area contributed by atoms with Crippen LogP contribution in [-0.4, -0.2) is 39.5 Å². The highest BCUT2D eigenvalue weighted by atomic mass is 35.5. The zero-order valence-corrected chi connectivity index (χ0v) is 17.4. The van der Waals surface area contributed by atoms with Crippen molar-refractivity contribution in [3.05, 3.63) is 52.8 Å². The number of hydrogen-bond donors (Lipinski definition) is 3. The third-order valence-corrected chi connectivity index (χ3v) is 4.49. The van der Waals surface area contributed by atoms with Crippen molar-refractivity contribution >= 4 is 29.2 Å². The van der Waals surface area contributed by atoms with E-state index in [2.05, 4.69) is 20.6 Å². The summed E-state index contributed by atoms with van der Waals surface area (Å²) in [6.07, 6.45) is 0.861. The highest BCUT2D eigenvalue weighted by Crippen LogP contribution is 2.35. The number of rotatable bonds is 6. The van der Waals surface area contributed by atoms with Gasteiger partial charge in [-0.25, -0.2) is 9.97 Å². The normalized spacial score (nSPS) is 11.8. The average molecular weight is 429 g/mol. The van der Waals surface area contributed by atoms with Gasteiger partial charge in [-0.05, 0) is 37.6 Å². The first-order chi connectivity index (χ1) is 14.3. The van der Waals surface area contributed by atoms with Gasteiger partial charge in [0.1, 0.15) is 5.82 Å². The standard InChI is InChI=1S/C21H21ClN4O4/c1-11-9-23-17(25-13(3)28)8-15(11)21-26-18(20(29)24-10-12(2)27)19(30-21)14-6-4-5-7-16(14)22/h4-9,12,27H,10H2,1-3H3,(H,24,29)(H,23,25,28)/t12-/m1/s1. The number of aryl methyl sites for hydroxylation is 1. The van der Waals surface area contributed by atoms with Crippen molar-refractivity contribution in [1.29, 1.82) is 0 Å². The monoisotopic (exact) mass is 428 g/mol. The minimum absolute atomic E-state index is 0.0380. The molecule has 3 rings (SSSR count). The average Bonchev–Trinajstić information content (AvgIpc) is 3.12. The van der Waals surface area contributed by atoms with Crippen LogP contribution in [0.15, 0.2) is 40.9 Å². The third-order valence-electron chi connectivity index (χ3n) is 4.16. The molecule has 1 aromatic carbocycles. The Morgan fingerprint density at radius 1 is 1.27 bits per heavy atom. The molecule has 0 aliphatic rings. The van der Waals surface area contributed by atoms with E-state index in [4.69, 9.17) is 16.0 Å². The number of aromatic nitrogens is 2. The number of nitrogens with zero attached hydrogens (tertiary/aromatic N) is 2. The Kier molecular flexibility index (Phi) is 6.49. The van der Waals surface area contributed by atoms with Crippen LogP contribution >= 0.6 is 11.6 Å². The first-order valence-corrected chi connectivity index (χ1v) is 9.60. The van der Waals surface area contributed by atoms with Gasteiger partial charge in [-0.15, -0.1) is 0 Å². The molecule has 2 aromatic heterocycles. The van der Waals surface area contributed by atoms with Crippen LogP contribution in [0.3, 0.4) is 0 Å². The van der Waals surface area contributed by atoms with Crippen LogP contribution in [0.1, 0.15) is 29.9 Å². The molecule has 2 heterocycles. The Balaban J connectivity index is 2.11. The second kappa shape index (κ2) is 9.06. The molecule has 2 amide bonds. The second-order valence-corrected chi connectivity index (χ2v) is 7.21. The molecule has 30 heavy (non-hydrogen) atoms. The smallest absolute Gasteiger partial charge is 0.274 e. The van der Waals surface area contributed by atoms with Crippen molar-refractivity contribution in [2.75, 3.05) is 11.9 Å². The number of carbonyl (C=O) groups is 2. The fourth-order valence-electron chi connectivity index (χ4n) is 2.74. The van der Waals surface area contributed by atoms with Crippen LogP contribution in [0.5, 0.6) is 0 Å². The molecule has 156 valence electrons. The van der Waals surface area contributed by atoms with Gasteiger partial charge < -0.3 is 20.2 Å².